The van der Waals surface area contributed by atoms with Crippen LogP contribution in [0.15, 0.2) is 48.8 Å². The van der Waals surface area contributed by atoms with Crippen LogP contribution in [0.3, 0.4) is 0 Å². The maximum atomic E-state index is 12.4. The second-order valence-electron chi connectivity index (χ2n) is 4.72. The summed E-state index contributed by atoms with van der Waals surface area (Å²) in [6.07, 6.45) is 1.75. The number of imidazole rings is 1. The molecule has 1 N–H and O–H groups in total. The minimum atomic E-state index is 0.0141. The fourth-order valence-electron chi connectivity index (χ4n) is 2.23. The summed E-state index contributed by atoms with van der Waals surface area (Å²) < 4.78 is 1.94. The lowest BCUT2D eigenvalue weighted by atomic mass is 10.0. The molecule has 3 aromatic rings. The van der Waals surface area contributed by atoms with Gasteiger partial charge in [-0.1, -0.05) is 0 Å². The summed E-state index contributed by atoms with van der Waals surface area (Å²) >= 11 is 0. The van der Waals surface area contributed by atoms with Crippen molar-refractivity contribution in [3.63, 3.8) is 0 Å². The predicted molar refractivity (Wildman–Crippen MR) is 80.1 cm³/mol. The zero-order chi connectivity index (χ0) is 14.1. The predicted octanol–water partition coefficient (Wildman–Crippen LogP) is 2.85. The highest BCUT2D eigenvalue weighted by Gasteiger charge is 2.10. The van der Waals surface area contributed by atoms with Gasteiger partial charge in [0.05, 0.1) is 17.4 Å². The van der Waals surface area contributed by atoms with Crippen molar-refractivity contribution < 1.29 is 4.79 Å². The smallest absolute Gasteiger partial charge is 0.193 e. The lowest BCUT2D eigenvalue weighted by Gasteiger charge is -2.04. The maximum Gasteiger partial charge on any atom is 0.193 e. The minimum Gasteiger partial charge on any atom is -0.388 e. The Hall–Kier alpha value is -2.62. The van der Waals surface area contributed by atoms with Crippen molar-refractivity contribution in [3.8, 4) is 0 Å². The number of aryl methyl sites for hydroxylation is 1. The van der Waals surface area contributed by atoms with E-state index in [4.69, 9.17) is 0 Å². The molecule has 4 heteroatoms. The van der Waals surface area contributed by atoms with E-state index < -0.39 is 0 Å². The first-order valence-corrected chi connectivity index (χ1v) is 6.42. The molecule has 0 amide bonds. The second kappa shape index (κ2) is 4.81. The molecule has 0 unspecified atom stereocenters. The SMILES string of the molecule is CNc1ccc(C(=O)c2ccc3c(c2)ncn3C)cc1. The van der Waals surface area contributed by atoms with E-state index in [0.717, 1.165) is 16.7 Å². The molecule has 0 spiro atoms. The van der Waals surface area contributed by atoms with Gasteiger partial charge in [-0.15, -0.1) is 0 Å². The Morgan fingerprint density at radius 1 is 1.10 bits per heavy atom. The molecule has 1 aromatic heterocycles. The molecule has 4 nitrogen and oxygen atoms in total. The molecule has 100 valence electrons. The molecule has 3 rings (SSSR count). The van der Waals surface area contributed by atoms with E-state index in [9.17, 15) is 4.79 Å². The number of benzene rings is 2. The Morgan fingerprint density at radius 3 is 2.50 bits per heavy atom. The van der Waals surface area contributed by atoms with Crippen LogP contribution in [-0.2, 0) is 7.05 Å². The molecular formula is C16H15N3O. The zero-order valence-electron chi connectivity index (χ0n) is 11.4. The first-order chi connectivity index (χ1) is 9.69. The molecule has 0 aliphatic rings. The maximum absolute atomic E-state index is 12.4. The van der Waals surface area contributed by atoms with Crippen LogP contribution in [0.2, 0.25) is 0 Å². The topological polar surface area (TPSA) is 46.9 Å². The molecule has 0 aliphatic carbocycles. The standard InChI is InChI=1S/C16H15N3O/c1-17-13-6-3-11(4-7-13)16(20)12-5-8-15-14(9-12)18-10-19(15)2/h3-10,17H,1-2H3. The molecule has 0 saturated heterocycles. The Bertz CT molecular complexity index is 772. The highest BCUT2D eigenvalue weighted by molar-refractivity contribution is 6.10. The third-order valence-corrected chi connectivity index (χ3v) is 3.42. The van der Waals surface area contributed by atoms with Gasteiger partial charge in [0.15, 0.2) is 5.78 Å². The molecule has 0 aliphatic heterocycles. The molecule has 0 saturated carbocycles. The van der Waals surface area contributed by atoms with Gasteiger partial charge >= 0.3 is 0 Å². The number of hydrogen-bond acceptors (Lipinski definition) is 3. The van der Waals surface area contributed by atoms with Crippen LogP contribution >= 0.6 is 0 Å². The Labute approximate surface area is 117 Å². The van der Waals surface area contributed by atoms with Gasteiger partial charge in [-0.25, -0.2) is 4.98 Å². The van der Waals surface area contributed by atoms with Crippen molar-refractivity contribution in [1.82, 2.24) is 9.55 Å². The third-order valence-electron chi connectivity index (χ3n) is 3.42. The lowest BCUT2D eigenvalue weighted by Crippen LogP contribution is -2.01. The van der Waals surface area contributed by atoms with Crippen LogP contribution in [0, 0.1) is 0 Å². The number of fused-ring (bicyclic) bond motifs is 1. The molecule has 0 fully saturated rings. The van der Waals surface area contributed by atoms with Gasteiger partial charge in [0.2, 0.25) is 0 Å². The molecular weight excluding hydrogens is 250 g/mol. The van der Waals surface area contributed by atoms with Crippen LogP contribution in [0.5, 0.6) is 0 Å². The number of ketones is 1. The van der Waals surface area contributed by atoms with Crippen molar-refractivity contribution in [2.24, 2.45) is 7.05 Å². The monoisotopic (exact) mass is 265 g/mol. The normalized spacial score (nSPS) is 10.7. The van der Waals surface area contributed by atoms with E-state index in [1.54, 1.807) is 6.33 Å². The molecule has 0 atom stereocenters. The van der Waals surface area contributed by atoms with Crippen molar-refractivity contribution in [1.29, 1.82) is 0 Å². The molecule has 20 heavy (non-hydrogen) atoms. The van der Waals surface area contributed by atoms with Gasteiger partial charge in [0, 0.05) is 30.9 Å². The molecule has 0 bridgehead atoms. The summed E-state index contributed by atoms with van der Waals surface area (Å²) in [5, 5.41) is 3.04. The molecule has 0 radical (unpaired) electrons. The first kappa shape index (κ1) is 12.4. The number of anilines is 1. The highest BCUT2D eigenvalue weighted by Crippen LogP contribution is 2.18. The van der Waals surface area contributed by atoms with Crippen molar-refractivity contribution in [2.45, 2.75) is 0 Å². The summed E-state index contributed by atoms with van der Waals surface area (Å²) in [7, 11) is 3.79. The van der Waals surface area contributed by atoms with Crippen LogP contribution in [0.1, 0.15) is 15.9 Å². The number of aromatic nitrogens is 2. The van der Waals surface area contributed by atoms with E-state index in [0.29, 0.717) is 11.1 Å². The zero-order valence-corrected chi connectivity index (χ0v) is 11.4. The van der Waals surface area contributed by atoms with E-state index in [-0.39, 0.29) is 5.78 Å². The molecule has 2 aromatic carbocycles. The van der Waals surface area contributed by atoms with Gasteiger partial charge < -0.3 is 9.88 Å². The Kier molecular flexibility index (Phi) is 2.99. The van der Waals surface area contributed by atoms with Crippen LogP contribution in [0.25, 0.3) is 11.0 Å². The summed E-state index contributed by atoms with van der Waals surface area (Å²) in [5.74, 6) is 0.0141. The number of nitrogens with one attached hydrogen (secondary N) is 1. The van der Waals surface area contributed by atoms with Crippen molar-refractivity contribution in [2.75, 3.05) is 12.4 Å². The second-order valence-corrected chi connectivity index (χ2v) is 4.72. The first-order valence-electron chi connectivity index (χ1n) is 6.42. The van der Waals surface area contributed by atoms with E-state index >= 15 is 0 Å². The fraction of sp³-hybridized carbons (Fsp3) is 0.125. The lowest BCUT2D eigenvalue weighted by molar-refractivity contribution is 0.103. The van der Waals surface area contributed by atoms with Gasteiger partial charge in [-0.05, 0) is 42.5 Å². The van der Waals surface area contributed by atoms with Crippen molar-refractivity contribution in [3.05, 3.63) is 59.9 Å². The number of carbonyl (C=O) groups is 1. The Morgan fingerprint density at radius 2 is 1.80 bits per heavy atom. The summed E-state index contributed by atoms with van der Waals surface area (Å²) in [6.45, 7) is 0. The van der Waals surface area contributed by atoms with E-state index in [1.807, 2.05) is 61.1 Å². The number of rotatable bonds is 3. The van der Waals surface area contributed by atoms with Gasteiger partial charge in [-0.3, -0.25) is 4.79 Å². The number of nitrogens with zero attached hydrogens (tertiary/aromatic N) is 2. The van der Waals surface area contributed by atoms with Crippen molar-refractivity contribution >= 4 is 22.5 Å². The Balaban J connectivity index is 1.98. The van der Waals surface area contributed by atoms with Gasteiger partial charge in [0.25, 0.3) is 0 Å². The average Bonchev–Trinajstić information content (AvgIpc) is 2.87. The largest absolute Gasteiger partial charge is 0.388 e. The molecule has 1 heterocycles. The highest BCUT2D eigenvalue weighted by atomic mass is 16.1. The van der Waals surface area contributed by atoms with E-state index in [1.165, 1.54) is 0 Å². The fourth-order valence-corrected chi connectivity index (χ4v) is 2.23. The summed E-state index contributed by atoms with van der Waals surface area (Å²) in [6, 6.07) is 13.1. The number of hydrogen-bond donors (Lipinski definition) is 1. The van der Waals surface area contributed by atoms with E-state index in [2.05, 4.69) is 10.3 Å². The average molecular weight is 265 g/mol. The number of carbonyl (C=O) groups excluding carboxylic acids is 1. The van der Waals surface area contributed by atoms with Crippen LogP contribution in [0.4, 0.5) is 5.69 Å². The summed E-state index contributed by atoms with van der Waals surface area (Å²) in [5.41, 5.74) is 4.19. The third kappa shape index (κ3) is 2.05. The van der Waals surface area contributed by atoms with Crippen LogP contribution in [-0.4, -0.2) is 22.4 Å². The summed E-state index contributed by atoms with van der Waals surface area (Å²) in [4.78, 5) is 16.7. The van der Waals surface area contributed by atoms with Gasteiger partial charge in [0.1, 0.15) is 0 Å². The quantitative estimate of drug-likeness (QED) is 0.741. The van der Waals surface area contributed by atoms with Crippen LogP contribution < -0.4 is 5.32 Å². The van der Waals surface area contributed by atoms with Gasteiger partial charge in [-0.2, -0.15) is 0 Å². The minimum absolute atomic E-state index is 0.0141.